The zero-order valence-electron chi connectivity index (χ0n) is 9.78. The first-order valence-corrected chi connectivity index (χ1v) is 6.39. The first-order valence-electron chi connectivity index (χ1n) is 6.39. The Morgan fingerprint density at radius 2 is 2.25 bits per heavy atom. The van der Waals surface area contributed by atoms with Crippen LogP contribution in [0.5, 0.6) is 0 Å². The largest absolute Gasteiger partial charge is 0.338 e. The first-order chi connectivity index (χ1) is 7.83. The van der Waals surface area contributed by atoms with Gasteiger partial charge in [0, 0.05) is 6.42 Å². The summed E-state index contributed by atoms with van der Waals surface area (Å²) < 4.78 is 5.38. The summed E-state index contributed by atoms with van der Waals surface area (Å²) in [4.78, 5) is 4.52. The molecular formula is C12H19N3O. The maximum Gasteiger partial charge on any atom is 0.244 e. The van der Waals surface area contributed by atoms with Crippen LogP contribution in [0.1, 0.15) is 50.4 Å². The predicted octanol–water partition coefficient (Wildman–Crippen LogP) is 2.08. The Morgan fingerprint density at radius 3 is 3.00 bits per heavy atom. The highest BCUT2D eigenvalue weighted by molar-refractivity contribution is 4.98. The summed E-state index contributed by atoms with van der Waals surface area (Å²) in [5, 5.41) is 7.55. The van der Waals surface area contributed by atoms with Crippen LogP contribution in [0.2, 0.25) is 0 Å². The quantitative estimate of drug-likeness (QED) is 0.849. The number of piperidine rings is 1. The van der Waals surface area contributed by atoms with Gasteiger partial charge in [-0.25, -0.2) is 0 Å². The molecule has 88 valence electrons. The molecule has 16 heavy (non-hydrogen) atoms. The van der Waals surface area contributed by atoms with Gasteiger partial charge < -0.3 is 9.84 Å². The van der Waals surface area contributed by atoms with E-state index >= 15 is 0 Å². The van der Waals surface area contributed by atoms with Gasteiger partial charge in [-0.1, -0.05) is 12.1 Å². The number of nitrogens with one attached hydrogen (secondary N) is 1. The zero-order valence-corrected chi connectivity index (χ0v) is 9.78. The molecule has 1 aliphatic heterocycles. The van der Waals surface area contributed by atoms with E-state index in [1.165, 1.54) is 25.7 Å². The minimum Gasteiger partial charge on any atom is -0.338 e. The van der Waals surface area contributed by atoms with Gasteiger partial charge in [-0.2, -0.15) is 4.98 Å². The molecule has 2 atom stereocenters. The smallest absolute Gasteiger partial charge is 0.244 e. The highest BCUT2D eigenvalue weighted by Gasteiger charge is 2.29. The third kappa shape index (κ3) is 2.12. The van der Waals surface area contributed by atoms with Gasteiger partial charge in [0.05, 0.1) is 6.04 Å². The van der Waals surface area contributed by atoms with Crippen LogP contribution >= 0.6 is 0 Å². The van der Waals surface area contributed by atoms with Gasteiger partial charge >= 0.3 is 0 Å². The van der Waals surface area contributed by atoms with Gasteiger partial charge in [-0.3, -0.25) is 0 Å². The van der Waals surface area contributed by atoms with Gasteiger partial charge in [0.15, 0.2) is 5.82 Å². The Hall–Kier alpha value is -0.900. The molecule has 1 saturated heterocycles. The second kappa shape index (κ2) is 4.17. The molecule has 1 aromatic heterocycles. The van der Waals surface area contributed by atoms with E-state index in [9.17, 15) is 0 Å². The fraction of sp³-hybridized carbons (Fsp3) is 0.833. The van der Waals surface area contributed by atoms with Gasteiger partial charge in [0.2, 0.25) is 5.89 Å². The summed E-state index contributed by atoms with van der Waals surface area (Å²) in [6.07, 6.45) is 6.17. The van der Waals surface area contributed by atoms with Crippen molar-refractivity contribution in [2.24, 2.45) is 11.8 Å². The molecule has 4 heteroatoms. The molecule has 1 N–H and O–H groups in total. The molecule has 2 unspecified atom stereocenters. The van der Waals surface area contributed by atoms with Gasteiger partial charge in [0.25, 0.3) is 0 Å². The Kier molecular flexibility index (Phi) is 2.67. The van der Waals surface area contributed by atoms with Crippen LogP contribution < -0.4 is 5.32 Å². The van der Waals surface area contributed by atoms with Crippen LogP contribution in [0, 0.1) is 11.8 Å². The van der Waals surface area contributed by atoms with E-state index in [1.807, 2.05) is 0 Å². The molecule has 0 spiro atoms. The monoisotopic (exact) mass is 221 g/mol. The Labute approximate surface area is 95.8 Å². The maximum absolute atomic E-state index is 5.38. The van der Waals surface area contributed by atoms with Crippen LogP contribution in [0.25, 0.3) is 0 Å². The second-order valence-corrected chi connectivity index (χ2v) is 5.25. The number of aromatic nitrogens is 2. The van der Waals surface area contributed by atoms with Crippen molar-refractivity contribution >= 4 is 0 Å². The summed E-state index contributed by atoms with van der Waals surface area (Å²) in [6.45, 7) is 3.32. The van der Waals surface area contributed by atoms with E-state index in [0.29, 0.717) is 5.92 Å². The third-order valence-corrected chi connectivity index (χ3v) is 3.69. The van der Waals surface area contributed by atoms with Crippen LogP contribution in [-0.4, -0.2) is 16.7 Å². The molecule has 2 aliphatic rings. The highest BCUT2D eigenvalue weighted by atomic mass is 16.5. The first kappa shape index (κ1) is 10.3. The van der Waals surface area contributed by atoms with E-state index in [1.54, 1.807) is 0 Å². The fourth-order valence-corrected chi connectivity index (χ4v) is 2.44. The van der Waals surface area contributed by atoms with Crippen molar-refractivity contribution in [3.8, 4) is 0 Å². The number of hydrogen-bond acceptors (Lipinski definition) is 4. The van der Waals surface area contributed by atoms with Crippen molar-refractivity contribution in [1.82, 2.24) is 15.5 Å². The van der Waals surface area contributed by atoms with Crippen molar-refractivity contribution in [3.63, 3.8) is 0 Å². The second-order valence-electron chi connectivity index (χ2n) is 5.25. The highest BCUT2D eigenvalue weighted by Crippen LogP contribution is 2.33. The third-order valence-electron chi connectivity index (χ3n) is 3.69. The average molecular weight is 221 g/mol. The minimum absolute atomic E-state index is 0.272. The summed E-state index contributed by atoms with van der Waals surface area (Å²) >= 11 is 0. The van der Waals surface area contributed by atoms with Gasteiger partial charge in [-0.05, 0) is 44.1 Å². The molecule has 1 saturated carbocycles. The van der Waals surface area contributed by atoms with Crippen LogP contribution in [0.3, 0.4) is 0 Å². The Balaban J connectivity index is 1.69. The number of hydrogen-bond donors (Lipinski definition) is 1. The summed E-state index contributed by atoms with van der Waals surface area (Å²) in [7, 11) is 0. The topological polar surface area (TPSA) is 51.0 Å². The maximum atomic E-state index is 5.38. The molecule has 4 nitrogen and oxygen atoms in total. The summed E-state index contributed by atoms with van der Waals surface area (Å²) in [5.74, 6) is 3.12. The lowest BCUT2D eigenvalue weighted by Gasteiger charge is -2.26. The van der Waals surface area contributed by atoms with Crippen molar-refractivity contribution in [3.05, 3.63) is 11.7 Å². The molecule has 1 aliphatic carbocycles. The molecule has 2 fully saturated rings. The van der Waals surface area contributed by atoms with Crippen LogP contribution in [0.4, 0.5) is 0 Å². The van der Waals surface area contributed by atoms with E-state index in [2.05, 4.69) is 22.4 Å². The van der Waals surface area contributed by atoms with Crippen LogP contribution in [0.15, 0.2) is 4.52 Å². The lowest BCUT2D eigenvalue weighted by molar-refractivity contribution is 0.239. The lowest BCUT2D eigenvalue weighted by Crippen LogP contribution is -2.33. The van der Waals surface area contributed by atoms with Crippen molar-refractivity contribution < 1.29 is 4.52 Å². The molecule has 0 radical (unpaired) electrons. The van der Waals surface area contributed by atoms with E-state index < -0.39 is 0 Å². The Bertz CT molecular complexity index is 359. The standard InChI is InChI=1S/C12H19N3O/c1-8-3-2-6-13-11(8)12-14-10(15-16-12)7-9-4-5-9/h8-9,11,13H,2-7H2,1H3. The molecule has 0 amide bonds. The van der Waals surface area contributed by atoms with Gasteiger partial charge in [-0.15, -0.1) is 0 Å². The van der Waals surface area contributed by atoms with Crippen molar-refractivity contribution in [2.75, 3.05) is 6.54 Å². The summed E-state index contributed by atoms with van der Waals surface area (Å²) in [5.41, 5.74) is 0. The zero-order chi connectivity index (χ0) is 11.0. The van der Waals surface area contributed by atoms with E-state index in [4.69, 9.17) is 4.52 Å². The van der Waals surface area contributed by atoms with Gasteiger partial charge in [0.1, 0.15) is 0 Å². The molecule has 0 aromatic carbocycles. The molecular weight excluding hydrogens is 202 g/mol. The predicted molar refractivity (Wildman–Crippen MR) is 59.9 cm³/mol. The molecule has 3 rings (SSSR count). The molecule has 0 bridgehead atoms. The fourth-order valence-electron chi connectivity index (χ4n) is 2.44. The van der Waals surface area contributed by atoms with E-state index in [-0.39, 0.29) is 6.04 Å². The lowest BCUT2D eigenvalue weighted by atomic mass is 9.93. The van der Waals surface area contributed by atoms with Crippen LogP contribution in [-0.2, 0) is 6.42 Å². The minimum atomic E-state index is 0.272. The SMILES string of the molecule is CC1CCCNC1c1nc(CC2CC2)no1. The Morgan fingerprint density at radius 1 is 1.38 bits per heavy atom. The average Bonchev–Trinajstić information content (AvgIpc) is 2.97. The molecule has 1 aromatic rings. The van der Waals surface area contributed by atoms with E-state index in [0.717, 1.165) is 30.6 Å². The number of rotatable bonds is 3. The van der Waals surface area contributed by atoms with Crippen molar-refractivity contribution in [1.29, 1.82) is 0 Å². The number of nitrogens with zero attached hydrogens (tertiary/aromatic N) is 2. The van der Waals surface area contributed by atoms with Crippen molar-refractivity contribution in [2.45, 2.75) is 45.1 Å². The normalized spacial score (nSPS) is 30.6. The summed E-state index contributed by atoms with van der Waals surface area (Å²) in [6, 6.07) is 0.272. The molecule has 2 heterocycles.